The smallest absolute Gasteiger partial charge is 0.356 e. The van der Waals surface area contributed by atoms with E-state index in [0.717, 1.165) is 20.0 Å². The molecule has 0 bridgehead atoms. The quantitative estimate of drug-likeness (QED) is 0.797. The van der Waals surface area contributed by atoms with Crippen molar-refractivity contribution in [1.29, 1.82) is 0 Å². The van der Waals surface area contributed by atoms with Gasteiger partial charge in [0.2, 0.25) is 0 Å². The Kier molecular flexibility index (Phi) is 4.33. The maximum atomic E-state index is 11.3. The summed E-state index contributed by atoms with van der Waals surface area (Å²) in [4.78, 5) is 27.5. The largest absolute Gasteiger partial charge is 0.476 e. The Morgan fingerprint density at radius 1 is 1.42 bits per heavy atom. The van der Waals surface area contributed by atoms with Crippen molar-refractivity contribution in [2.24, 2.45) is 0 Å². The summed E-state index contributed by atoms with van der Waals surface area (Å²) < 4.78 is 1.03. The fraction of sp³-hybridized carbons (Fsp3) is 0.182. The zero-order chi connectivity index (χ0) is 14.0. The highest BCUT2D eigenvalue weighted by Crippen LogP contribution is 2.26. The molecule has 0 amide bonds. The number of carbonyl (C=O) groups excluding carboxylic acids is 1. The molecule has 19 heavy (non-hydrogen) atoms. The predicted molar refractivity (Wildman–Crippen MR) is 78.4 cm³/mol. The molecule has 2 rings (SSSR count). The lowest BCUT2D eigenvalue weighted by Gasteiger charge is -1.98. The van der Waals surface area contributed by atoms with E-state index in [4.69, 9.17) is 5.11 Å². The number of thiophene rings is 1. The Morgan fingerprint density at radius 3 is 2.63 bits per heavy atom. The molecule has 0 atom stereocenters. The molecule has 0 fully saturated rings. The van der Waals surface area contributed by atoms with E-state index in [-0.39, 0.29) is 16.4 Å². The van der Waals surface area contributed by atoms with Crippen molar-refractivity contribution in [1.82, 2.24) is 4.98 Å². The van der Waals surface area contributed by atoms with Crippen LogP contribution in [0.15, 0.2) is 15.9 Å². The number of anilines is 1. The lowest BCUT2D eigenvalue weighted by atomic mass is 10.3. The molecule has 2 N–H and O–H groups in total. The van der Waals surface area contributed by atoms with Gasteiger partial charge in [0, 0.05) is 11.8 Å². The number of rotatable bonds is 5. The van der Waals surface area contributed by atoms with Gasteiger partial charge in [0.25, 0.3) is 0 Å². The molecule has 0 saturated carbocycles. The molecular weight excluding hydrogens is 352 g/mol. The van der Waals surface area contributed by atoms with E-state index in [2.05, 4.69) is 26.2 Å². The van der Waals surface area contributed by atoms with E-state index >= 15 is 0 Å². The number of carboxylic acids is 1. The van der Waals surface area contributed by atoms with Crippen molar-refractivity contribution < 1.29 is 14.7 Å². The third-order valence-corrected chi connectivity index (χ3v) is 4.93. The van der Waals surface area contributed by atoms with Crippen molar-refractivity contribution in [3.63, 3.8) is 0 Å². The Labute approximate surface area is 125 Å². The maximum absolute atomic E-state index is 11.3. The van der Waals surface area contributed by atoms with Gasteiger partial charge in [-0.3, -0.25) is 4.79 Å². The first-order chi connectivity index (χ1) is 8.97. The summed E-state index contributed by atoms with van der Waals surface area (Å²) in [5, 5.41) is 12.4. The Morgan fingerprint density at radius 2 is 2.16 bits per heavy atom. The Balaban J connectivity index is 2.15. The summed E-state index contributed by atoms with van der Waals surface area (Å²) in [6, 6.07) is 3.90. The minimum Gasteiger partial charge on any atom is -0.476 e. The van der Waals surface area contributed by atoms with E-state index in [0.29, 0.717) is 11.7 Å². The van der Waals surface area contributed by atoms with Crippen LogP contribution in [0.25, 0.3) is 0 Å². The molecule has 2 aromatic heterocycles. The highest BCUT2D eigenvalue weighted by atomic mass is 79.9. The molecular formula is C11H9BrN2O3S2. The number of nitrogens with zero attached hydrogens (tertiary/aromatic N) is 1. The van der Waals surface area contributed by atoms with E-state index in [1.54, 1.807) is 11.3 Å². The summed E-state index contributed by atoms with van der Waals surface area (Å²) in [5.41, 5.74) is -0.188. The van der Waals surface area contributed by atoms with Gasteiger partial charge in [-0.2, -0.15) is 0 Å². The van der Waals surface area contributed by atoms with E-state index in [1.807, 2.05) is 12.1 Å². The predicted octanol–water partition coefficient (Wildman–Crippen LogP) is 3.48. The number of aromatic nitrogens is 1. The lowest BCUT2D eigenvalue weighted by Crippen LogP contribution is -2.04. The number of hydrogen-bond donors (Lipinski definition) is 2. The van der Waals surface area contributed by atoms with Crippen molar-refractivity contribution in [3.05, 3.63) is 31.4 Å². The zero-order valence-electron chi connectivity index (χ0n) is 9.77. The second-order valence-corrected chi connectivity index (χ2v) is 7.16. The molecule has 0 radical (unpaired) electrons. The number of carboxylic acid groups (broad SMARTS) is 1. The average Bonchev–Trinajstić information content (AvgIpc) is 2.92. The number of aromatic carboxylic acids is 1. The van der Waals surface area contributed by atoms with Gasteiger partial charge in [-0.05, 0) is 28.1 Å². The lowest BCUT2D eigenvalue weighted by molar-refractivity contribution is 0.0687. The second-order valence-electron chi connectivity index (χ2n) is 3.62. The van der Waals surface area contributed by atoms with Gasteiger partial charge in [0.15, 0.2) is 16.6 Å². The third-order valence-electron chi connectivity index (χ3n) is 2.19. The van der Waals surface area contributed by atoms with Gasteiger partial charge in [-0.25, -0.2) is 9.78 Å². The first-order valence-electron chi connectivity index (χ1n) is 5.20. The third kappa shape index (κ3) is 3.40. The van der Waals surface area contributed by atoms with Crippen LogP contribution in [0.5, 0.6) is 0 Å². The molecule has 0 aromatic carbocycles. The zero-order valence-corrected chi connectivity index (χ0v) is 13.0. The molecule has 2 heterocycles. The SMILES string of the molecule is CC(=O)c1sc(NCc2ccc(Br)s2)nc1C(=O)O. The summed E-state index contributed by atoms with van der Waals surface area (Å²) in [6.07, 6.45) is 0. The van der Waals surface area contributed by atoms with Gasteiger partial charge in [0.05, 0.1) is 10.3 Å². The van der Waals surface area contributed by atoms with E-state index in [9.17, 15) is 9.59 Å². The van der Waals surface area contributed by atoms with Gasteiger partial charge >= 0.3 is 5.97 Å². The summed E-state index contributed by atoms with van der Waals surface area (Å²) in [5.74, 6) is -1.48. The Hall–Kier alpha value is -1.25. The van der Waals surface area contributed by atoms with Crippen molar-refractivity contribution in [2.75, 3.05) is 5.32 Å². The highest BCUT2D eigenvalue weighted by molar-refractivity contribution is 9.11. The summed E-state index contributed by atoms with van der Waals surface area (Å²) in [6.45, 7) is 1.88. The van der Waals surface area contributed by atoms with Crippen LogP contribution in [-0.4, -0.2) is 21.8 Å². The minimum atomic E-state index is -1.19. The number of hydrogen-bond acceptors (Lipinski definition) is 6. The van der Waals surface area contributed by atoms with Crippen LogP contribution in [0, 0.1) is 0 Å². The first kappa shape index (κ1) is 14.2. The fourth-order valence-corrected chi connectivity index (χ4v) is 3.66. The monoisotopic (exact) mass is 360 g/mol. The van der Waals surface area contributed by atoms with Gasteiger partial charge in [-0.15, -0.1) is 11.3 Å². The molecule has 100 valence electrons. The number of thiazole rings is 1. The molecule has 0 aliphatic carbocycles. The minimum absolute atomic E-state index is 0.169. The van der Waals surface area contributed by atoms with Crippen molar-refractivity contribution >= 4 is 55.5 Å². The molecule has 0 aliphatic heterocycles. The molecule has 5 nitrogen and oxygen atoms in total. The summed E-state index contributed by atoms with van der Waals surface area (Å²) in [7, 11) is 0. The summed E-state index contributed by atoms with van der Waals surface area (Å²) >= 11 is 6.01. The average molecular weight is 361 g/mol. The van der Waals surface area contributed by atoms with Crippen LogP contribution < -0.4 is 5.32 Å². The van der Waals surface area contributed by atoms with Crippen molar-refractivity contribution in [2.45, 2.75) is 13.5 Å². The highest BCUT2D eigenvalue weighted by Gasteiger charge is 2.20. The molecule has 0 spiro atoms. The normalized spacial score (nSPS) is 10.4. The van der Waals surface area contributed by atoms with Crippen LogP contribution in [0.3, 0.4) is 0 Å². The molecule has 0 aliphatic rings. The van der Waals surface area contributed by atoms with Gasteiger partial charge in [-0.1, -0.05) is 11.3 Å². The number of Topliss-reactive ketones (excluding diaryl/α,β-unsaturated/α-hetero) is 1. The molecule has 2 aromatic rings. The van der Waals surface area contributed by atoms with Crippen LogP contribution >= 0.6 is 38.6 Å². The van der Waals surface area contributed by atoms with Crippen molar-refractivity contribution in [3.8, 4) is 0 Å². The number of ketones is 1. The standard InChI is InChI=1S/C11H9BrN2O3S2/c1-5(15)9-8(10(16)17)14-11(19-9)13-4-6-2-3-7(12)18-6/h2-3H,4H2,1H3,(H,13,14)(H,16,17). The number of carbonyl (C=O) groups is 2. The molecule has 8 heteroatoms. The first-order valence-corrected chi connectivity index (χ1v) is 7.63. The number of nitrogens with one attached hydrogen (secondary N) is 1. The van der Waals surface area contributed by atoms with Gasteiger partial charge in [0.1, 0.15) is 4.88 Å². The topological polar surface area (TPSA) is 79.3 Å². The van der Waals surface area contributed by atoms with Crippen LogP contribution in [0.1, 0.15) is 32.0 Å². The molecule has 0 saturated heterocycles. The van der Waals surface area contributed by atoms with E-state index in [1.165, 1.54) is 6.92 Å². The van der Waals surface area contributed by atoms with Crippen LogP contribution in [0.2, 0.25) is 0 Å². The molecule has 0 unspecified atom stereocenters. The van der Waals surface area contributed by atoms with Gasteiger partial charge < -0.3 is 10.4 Å². The van der Waals surface area contributed by atoms with E-state index < -0.39 is 5.97 Å². The number of halogens is 1. The van der Waals surface area contributed by atoms with Crippen LogP contribution in [0.4, 0.5) is 5.13 Å². The second kappa shape index (κ2) is 5.81. The maximum Gasteiger partial charge on any atom is 0.356 e. The fourth-order valence-electron chi connectivity index (χ4n) is 1.39. The Bertz CT molecular complexity index is 604. The van der Waals surface area contributed by atoms with Crippen LogP contribution in [-0.2, 0) is 6.54 Å².